The van der Waals surface area contributed by atoms with Gasteiger partial charge in [0.2, 0.25) is 5.91 Å². The highest BCUT2D eigenvalue weighted by Crippen LogP contribution is 2.03. The van der Waals surface area contributed by atoms with Gasteiger partial charge >= 0.3 is 0 Å². The number of nitrogens with one attached hydrogen (secondary N) is 2. The zero-order chi connectivity index (χ0) is 9.84. The van der Waals surface area contributed by atoms with Crippen LogP contribution in [0.3, 0.4) is 0 Å². The van der Waals surface area contributed by atoms with Crippen LogP contribution in [0.15, 0.2) is 17.1 Å². The highest BCUT2D eigenvalue weighted by atomic mass is 35.5. The van der Waals surface area contributed by atoms with E-state index >= 15 is 0 Å². The van der Waals surface area contributed by atoms with E-state index in [1.807, 2.05) is 0 Å². The van der Waals surface area contributed by atoms with Crippen LogP contribution in [0.5, 0.6) is 0 Å². The van der Waals surface area contributed by atoms with Gasteiger partial charge in [-0.1, -0.05) is 0 Å². The van der Waals surface area contributed by atoms with Crippen LogP contribution in [0.4, 0.5) is 5.69 Å². The van der Waals surface area contributed by atoms with Gasteiger partial charge in [-0.2, -0.15) is 0 Å². The Morgan fingerprint density at radius 2 is 2.38 bits per heavy atom. The standard InChI is InChI=1S/C8H9ClN2O2/c1-5-2-6(4-10-8(5)13)11-7(12)3-9/h2,4H,3H2,1H3,(H,10,13)(H,11,12). The smallest absolute Gasteiger partial charge is 0.250 e. The minimum Gasteiger partial charge on any atom is -0.327 e. The van der Waals surface area contributed by atoms with E-state index in [4.69, 9.17) is 11.6 Å². The van der Waals surface area contributed by atoms with Crippen LogP contribution in [0.25, 0.3) is 0 Å². The Balaban J connectivity index is 2.86. The highest BCUT2D eigenvalue weighted by molar-refractivity contribution is 6.29. The van der Waals surface area contributed by atoms with Gasteiger partial charge in [-0.3, -0.25) is 9.59 Å². The van der Waals surface area contributed by atoms with E-state index in [1.54, 1.807) is 13.0 Å². The Labute approximate surface area is 79.9 Å². The Kier molecular flexibility index (Phi) is 3.08. The fraction of sp³-hybridized carbons (Fsp3) is 0.250. The second-order valence-electron chi connectivity index (χ2n) is 2.58. The molecule has 0 unspecified atom stereocenters. The zero-order valence-corrected chi connectivity index (χ0v) is 7.81. The molecule has 0 atom stereocenters. The van der Waals surface area contributed by atoms with E-state index in [2.05, 4.69) is 10.3 Å². The van der Waals surface area contributed by atoms with Crippen LogP contribution in [-0.2, 0) is 4.79 Å². The number of rotatable bonds is 2. The van der Waals surface area contributed by atoms with Crippen LogP contribution >= 0.6 is 11.6 Å². The molecule has 0 radical (unpaired) electrons. The normalized spacial score (nSPS) is 9.69. The molecule has 1 aromatic rings. The van der Waals surface area contributed by atoms with Crippen molar-refractivity contribution >= 4 is 23.2 Å². The van der Waals surface area contributed by atoms with E-state index in [0.717, 1.165) is 0 Å². The van der Waals surface area contributed by atoms with Crippen molar-refractivity contribution in [3.8, 4) is 0 Å². The molecule has 2 N–H and O–H groups in total. The molecular weight excluding hydrogens is 192 g/mol. The maximum atomic E-state index is 10.9. The molecule has 1 amide bonds. The van der Waals surface area contributed by atoms with Gasteiger partial charge in [0.05, 0.1) is 5.69 Å². The van der Waals surface area contributed by atoms with Crippen molar-refractivity contribution in [3.05, 3.63) is 28.2 Å². The Morgan fingerprint density at radius 1 is 1.69 bits per heavy atom. The molecule has 1 rings (SSSR count). The SMILES string of the molecule is Cc1cc(NC(=O)CCl)c[nH]c1=O. The minimum atomic E-state index is -0.298. The van der Waals surface area contributed by atoms with Gasteiger partial charge in [0, 0.05) is 11.8 Å². The number of alkyl halides is 1. The van der Waals surface area contributed by atoms with Crippen LogP contribution in [0, 0.1) is 6.92 Å². The number of hydrogen-bond acceptors (Lipinski definition) is 2. The number of aromatic amines is 1. The van der Waals surface area contributed by atoms with E-state index in [-0.39, 0.29) is 17.3 Å². The molecule has 0 aromatic carbocycles. The van der Waals surface area contributed by atoms with Crippen LogP contribution in [0.1, 0.15) is 5.56 Å². The Hall–Kier alpha value is -1.29. The molecule has 70 valence electrons. The lowest BCUT2D eigenvalue weighted by Crippen LogP contribution is -2.15. The third kappa shape index (κ3) is 2.59. The first-order valence-corrected chi connectivity index (χ1v) is 4.22. The fourth-order valence-corrected chi connectivity index (χ4v) is 0.931. The quantitative estimate of drug-likeness (QED) is 0.696. The summed E-state index contributed by atoms with van der Waals surface area (Å²) in [6.07, 6.45) is 1.43. The Bertz CT molecular complexity index is 373. The lowest BCUT2D eigenvalue weighted by Gasteiger charge is -2.02. The van der Waals surface area contributed by atoms with Gasteiger partial charge in [-0.05, 0) is 13.0 Å². The van der Waals surface area contributed by atoms with Crippen molar-refractivity contribution in [3.63, 3.8) is 0 Å². The van der Waals surface area contributed by atoms with Crippen molar-refractivity contribution in [2.45, 2.75) is 6.92 Å². The molecule has 0 saturated heterocycles. The van der Waals surface area contributed by atoms with Gasteiger partial charge < -0.3 is 10.3 Å². The van der Waals surface area contributed by atoms with Crippen molar-refractivity contribution < 1.29 is 4.79 Å². The molecule has 1 aromatic heterocycles. The summed E-state index contributed by atoms with van der Waals surface area (Å²) in [6, 6.07) is 1.59. The number of H-pyrrole nitrogens is 1. The maximum Gasteiger partial charge on any atom is 0.250 e. The minimum absolute atomic E-state index is 0.0990. The summed E-state index contributed by atoms with van der Waals surface area (Å²) in [5.41, 5.74) is 0.930. The average molecular weight is 201 g/mol. The van der Waals surface area contributed by atoms with Gasteiger partial charge in [-0.25, -0.2) is 0 Å². The summed E-state index contributed by atoms with van der Waals surface area (Å²) in [6.45, 7) is 1.66. The second-order valence-corrected chi connectivity index (χ2v) is 2.85. The van der Waals surface area contributed by atoms with Crippen molar-refractivity contribution in [2.24, 2.45) is 0 Å². The number of amides is 1. The van der Waals surface area contributed by atoms with E-state index in [0.29, 0.717) is 11.3 Å². The summed E-state index contributed by atoms with van der Waals surface area (Å²) >= 11 is 5.29. The fourth-order valence-electron chi connectivity index (χ4n) is 0.864. The number of halogens is 1. The first kappa shape index (κ1) is 9.80. The summed E-state index contributed by atoms with van der Waals surface area (Å²) < 4.78 is 0. The topological polar surface area (TPSA) is 62.0 Å². The van der Waals surface area contributed by atoms with Gasteiger partial charge in [0.1, 0.15) is 5.88 Å². The Morgan fingerprint density at radius 3 is 2.92 bits per heavy atom. The van der Waals surface area contributed by atoms with E-state index < -0.39 is 0 Å². The summed E-state index contributed by atoms with van der Waals surface area (Å²) in [4.78, 5) is 24.3. The molecular formula is C8H9ClN2O2. The lowest BCUT2D eigenvalue weighted by atomic mass is 10.3. The lowest BCUT2D eigenvalue weighted by molar-refractivity contribution is -0.113. The first-order chi connectivity index (χ1) is 6.13. The molecule has 0 saturated carbocycles. The molecule has 0 aliphatic heterocycles. The van der Waals surface area contributed by atoms with E-state index in [1.165, 1.54) is 6.20 Å². The van der Waals surface area contributed by atoms with Gasteiger partial charge in [-0.15, -0.1) is 11.6 Å². The molecule has 4 nitrogen and oxygen atoms in total. The van der Waals surface area contributed by atoms with E-state index in [9.17, 15) is 9.59 Å². The third-order valence-electron chi connectivity index (χ3n) is 1.49. The molecule has 13 heavy (non-hydrogen) atoms. The number of pyridine rings is 1. The summed E-state index contributed by atoms with van der Waals surface area (Å²) in [5, 5.41) is 2.52. The molecule has 5 heteroatoms. The number of anilines is 1. The largest absolute Gasteiger partial charge is 0.327 e. The molecule has 0 aliphatic carbocycles. The summed E-state index contributed by atoms with van der Waals surface area (Å²) in [5.74, 6) is -0.397. The molecule has 0 fully saturated rings. The monoisotopic (exact) mass is 200 g/mol. The first-order valence-electron chi connectivity index (χ1n) is 3.68. The predicted molar refractivity (Wildman–Crippen MR) is 51.1 cm³/mol. The summed E-state index contributed by atoms with van der Waals surface area (Å²) in [7, 11) is 0. The number of aromatic nitrogens is 1. The molecule has 0 aliphatic rings. The number of carbonyl (C=O) groups excluding carboxylic acids is 1. The second kappa shape index (κ2) is 4.09. The molecule has 0 spiro atoms. The van der Waals surface area contributed by atoms with Crippen LogP contribution < -0.4 is 10.9 Å². The van der Waals surface area contributed by atoms with Crippen molar-refractivity contribution in [2.75, 3.05) is 11.2 Å². The van der Waals surface area contributed by atoms with Crippen molar-refractivity contribution in [1.29, 1.82) is 0 Å². The average Bonchev–Trinajstić information content (AvgIpc) is 2.11. The molecule has 1 heterocycles. The number of carbonyl (C=O) groups is 1. The number of aryl methyl sites for hydroxylation is 1. The van der Waals surface area contributed by atoms with Crippen molar-refractivity contribution in [1.82, 2.24) is 4.98 Å². The zero-order valence-electron chi connectivity index (χ0n) is 7.06. The van der Waals surface area contributed by atoms with Crippen LogP contribution in [0.2, 0.25) is 0 Å². The van der Waals surface area contributed by atoms with Gasteiger partial charge in [0.25, 0.3) is 5.56 Å². The third-order valence-corrected chi connectivity index (χ3v) is 1.74. The molecule has 0 bridgehead atoms. The number of hydrogen-bond donors (Lipinski definition) is 2. The highest BCUT2D eigenvalue weighted by Gasteiger charge is 2.00. The predicted octanol–water partition coefficient (Wildman–Crippen LogP) is 0.861. The van der Waals surface area contributed by atoms with Gasteiger partial charge in [0.15, 0.2) is 0 Å². The van der Waals surface area contributed by atoms with Crippen LogP contribution in [-0.4, -0.2) is 16.8 Å². The maximum absolute atomic E-state index is 10.9.